The van der Waals surface area contributed by atoms with Gasteiger partial charge in [0.1, 0.15) is 6.33 Å². The van der Waals surface area contributed by atoms with Crippen LogP contribution in [-0.2, 0) is 9.53 Å². The van der Waals surface area contributed by atoms with Crippen molar-refractivity contribution >= 4 is 29.3 Å². The smallest absolute Gasteiger partial charge is 0.233 e. The van der Waals surface area contributed by atoms with Crippen LogP contribution in [0.5, 0.6) is 0 Å². The van der Waals surface area contributed by atoms with Gasteiger partial charge >= 0.3 is 0 Å². The van der Waals surface area contributed by atoms with Crippen LogP contribution < -0.4 is 0 Å². The number of fused-ring (bicyclic) bond motifs is 1. The van der Waals surface area contributed by atoms with Crippen LogP contribution in [-0.4, -0.2) is 56.6 Å². The van der Waals surface area contributed by atoms with Gasteiger partial charge in [0, 0.05) is 11.6 Å². The summed E-state index contributed by atoms with van der Waals surface area (Å²) >= 11 is 7.48. The molecule has 0 spiro atoms. The van der Waals surface area contributed by atoms with Gasteiger partial charge in [-0.25, -0.2) is 0 Å². The Morgan fingerprint density at radius 2 is 2.23 bits per heavy atom. The molecule has 1 saturated carbocycles. The van der Waals surface area contributed by atoms with E-state index in [2.05, 4.69) is 10.2 Å². The zero-order valence-electron chi connectivity index (χ0n) is 14.4. The number of rotatable bonds is 4. The van der Waals surface area contributed by atoms with E-state index in [0.29, 0.717) is 29.1 Å². The number of carbonyl (C=O) groups excluding carboxylic acids is 1. The molecule has 2 heterocycles. The molecule has 2 fully saturated rings. The predicted octanol–water partition coefficient (Wildman–Crippen LogP) is 3.18. The van der Waals surface area contributed by atoms with E-state index in [1.807, 2.05) is 33.7 Å². The molecule has 1 aliphatic carbocycles. The molecular weight excluding hydrogens is 372 g/mol. The highest BCUT2D eigenvalue weighted by atomic mass is 35.5. The van der Waals surface area contributed by atoms with Crippen LogP contribution in [0.3, 0.4) is 0 Å². The Kier molecular flexibility index (Phi) is 5.47. The SMILES string of the molecule is O=C(CSc1nncn1-c1cccc(Cl)c1)N1CCOC2CCCCC21. The van der Waals surface area contributed by atoms with Gasteiger partial charge in [-0.05, 0) is 31.0 Å². The molecule has 6 nitrogen and oxygen atoms in total. The van der Waals surface area contributed by atoms with Gasteiger partial charge in [0.25, 0.3) is 0 Å². The largest absolute Gasteiger partial charge is 0.374 e. The lowest BCUT2D eigenvalue weighted by atomic mass is 9.90. The number of hydrogen-bond donors (Lipinski definition) is 0. The lowest BCUT2D eigenvalue weighted by Gasteiger charge is -2.43. The van der Waals surface area contributed by atoms with Crippen molar-refractivity contribution < 1.29 is 9.53 Å². The number of hydrogen-bond acceptors (Lipinski definition) is 5. The van der Waals surface area contributed by atoms with Crippen LogP contribution >= 0.6 is 23.4 Å². The van der Waals surface area contributed by atoms with Crippen molar-refractivity contribution in [2.24, 2.45) is 0 Å². The van der Waals surface area contributed by atoms with Crippen molar-refractivity contribution in [2.75, 3.05) is 18.9 Å². The average molecular weight is 393 g/mol. The summed E-state index contributed by atoms with van der Waals surface area (Å²) < 4.78 is 7.71. The van der Waals surface area contributed by atoms with Crippen molar-refractivity contribution in [3.05, 3.63) is 35.6 Å². The molecule has 8 heteroatoms. The molecule has 2 aromatic rings. The maximum atomic E-state index is 12.8. The third-order valence-corrected chi connectivity index (χ3v) is 6.14. The molecule has 1 aromatic carbocycles. The summed E-state index contributed by atoms with van der Waals surface area (Å²) in [6.45, 7) is 1.32. The summed E-state index contributed by atoms with van der Waals surface area (Å²) in [5, 5.41) is 9.49. The van der Waals surface area contributed by atoms with Gasteiger partial charge in [-0.3, -0.25) is 9.36 Å². The van der Waals surface area contributed by atoms with Gasteiger partial charge in [-0.1, -0.05) is 42.3 Å². The first-order chi connectivity index (χ1) is 12.7. The lowest BCUT2D eigenvalue weighted by molar-refractivity contribution is -0.146. The second-order valence-corrected chi connectivity index (χ2v) is 7.98. The summed E-state index contributed by atoms with van der Waals surface area (Å²) in [5.74, 6) is 0.499. The molecule has 1 aromatic heterocycles. The minimum Gasteiger partial charge on any atom is -0.374 e. The van der Waals surface area contributed by atoms with Crippen LogP contribution in [0.2, 0.25) is 5.02 Å². The Hall–Kier alpha value is -1.57. The number of amides is 1. The van der Waals surface area contributed by atoms with E-state index in [1.54, 1.807) is 6.33 Å². The topological polar surface area (TPSA) is 60.2 Å². The van der Waals surface area contributed by atoms with Gasteiger partial charge in [0.2, 0.25) is 5.91 Å². The maximum absolute atomic E-state index is 12.8. The van der Waals surface area contributed by atoms with Crippen LogP contribution in [0.4, 0.5) is 0 Å². The van der Waals surface area contributed by atoms with Crippen LogP contribution in [0.25, 0.3) is 5.69 Å². The third-order valence-electron chi connectivity index (χ3n) is 4.98. The van der Waals surface area contributed by atoms with Gasteiger partial charge in [0.05, 0.1) is 30.2 Å². The summed E-state index contributed by atoms with van der Waals surface area (Å²) in [4.78, 5) is 14.8. The van der Waals surface area contributed by atoms with E-state index < -0.39 is 0 Å². The molecular formula is C18H21ClN4O2S. The van der Waals surface area contributed by atoms with Gasteiger partial charge in [-0.15, -0.1) is 10.2 Å². The van der Waals surface area contributed by atoms with E-state index >= 15 is 0 Å². The van der Waals surface area contributed by atoms with E-state index in [4.69, 9.17) is 16.3 Å². The number of nitrogens with zero attached hydrogens (tertiary/aromatic N) is 4. The molecule has 2 atom stereocenters. The fourth-order valence-corrected chi connectivity index (χ4v) is 4.74. The molecule has 138 valence electrons. The van der Waals surface area contributed by atoms with Crippen molar-refractivity contribution in [2.45, 2.75) is 43.0 Å². The summed E-state index contributed by atoms with van der Waals surface area (Å²) in [6.07, 6.45) is 6.32. The van der Waals surface area contributed by atoms with Crippen molar-refractivity contribution in [1.29, 1.82) is 0 Å². The lowest BCUT2D eigenvalue weighted by Crippen LogP contribution is -2.55. The van der Waals surface area contributed by atoms with Gasteiger partial charge in [0.15, 0.2) is 5.16 Å². The molecule has 0 bridgehead atoms. The van der Waals surface area contributed by atoms with Crippen molar-refractivity contribution in [1.82, 2.24) is 19.7 Å². The van der Waals surface area contributed by atoms with Gasteiger partial charge in [-0.2, -0.15) is 0 Å². The second kappa shape index (κ2) is 7.98. The number of halogens is 1. The average Bonchev–Trinajstić information content (AvgIpc) is 3.14. The number of benzene rings is 1. The highest BCUT2D eigenvalue weighted by Crippen LogP contribution is 2.29. The van der Waals surface area contributed by atoms with E-state index in [1.165, 1.54) is 24.6 Å². The fraction of sp³-hybridized carbons (Fsp3) is 0.500. The molecule has 26 heavy (non-hydrogen) atoms. The maximum Gasteiger partial charge on any atom is 0.233 e. The monoisotopic (exact) mass is 392 g/mol. The first-order valence-corrected chi connectivity index (χ1v) is 10.3. The zero-order chi connectivity index (χ0) is 17.9. The molecule has 1 saturated heterocycles. The summed E-state index contributed by atoms with van der Waals surface area (Å²) in [7, 11) is 0. The quantitative estimate of drug-likeness (QED) is 0.748. The van der Waals surface area contributed by atoms with Crippen molar-refractivity contribution in [3.8, 4) is 5.69 Å². The number of carbonyl (C=O) groups is 1. The standard InChI is InChI=1S/C18H21ClN4O2S/c19-13-4-3-5-14(10-13)23-12-20-21-18(23)26-11-17(24)22-8-9-25-16-7-2-1-6-15(16)22/h3-5,10,12,15-16H,1-2,6-9,11H2. The molecule has 2 unspecified atom stereocenters. The Bertz CT molecular complexity index is 782. The first kappa shape index (κ1) is 17.8. The Morgan fingerprint density at radius 3 is 3.12 bits per heavy atom. The summed E-state index contributed by atoms with van der Waals surface area (Å²) in [6, 6.07) is 7.73. The molecule has 0 N–H and O–H groups in total. The first-order valence-electron chi connectivity index (χ1n) is 8.92. The van der Waals surface area contributed by atoms with E-state index in [0.717, 1.165) is 18.5 Å². The van der Waals surface area contributed by atoms with Crippen LogP contribution in [0, 0.1) is 0 Å². The highest BCUT2D eigenvalue weighted by molar-refractivity contribution is 7.99. The van der Waals surface area contributed by atoms with Crippen LogP contribution in [0.1, 0.15) is 25.7 Å². The van der Waals surface area contributed by atoms with E-state index in [-0.39, 0.29) is 18.1 Å². The van der Waals surface area contributed by atoms with Crippen LogP contribution in [0.15, 0.2) is 35.7 Å². The molecule has 0 radical (unpaired) electrons. The van der Waals surface area contributed by atoms with E-state index in [9.17, 15) is 4.79 Å². The second-order valence-electron chi connectivity index (χ2n) is 6.60. The highest BCUT2D eigenvalue weighted by Gasteiger charge is 2.36. The molecule has 4 rings (SSSR count). The Morgan fingerprint density at radius 1 is 1.35 bits per heavy atom. The minimum absolute atomic E-state index is 0.149. The molecule has 1 aliphatic heterocycles. The summed E-state index contributed by atoms with van der Waals surface area (Å²) in [5.41, 5.74) is 0.885. The van der Waals surface area contributed by atoms with Gasteiger partial charge < -0.3 is 9.64 Å². The molecule has 2 aliphatic rings. The Balaban J connectivity index is 1.43. The fourth-order valence-electron chi connectivity index (χ4n) is 3.74. The number of aromatic nitrogens is 3. The zero-order valence-corrected chi connectivity index (χ0v) is 16.0. The minimum atomic E-state index is 0.149. The normalized spacial score (nSPS) is 22.9. The Labute approximate surface area is 161 Å². The number of thioether (sulfide) groups is 1. The number of ether oxygens (including phenoxy) is 1. The van der Waals surface area contributed by atoms with Crippen molar-refractivity contribution in [3.63, 3.8) is 0 Å². The number of morpholine rings is 1. The third kappa shape index (κ3) is 3.75. The molecule has 1 amide bonds. The predicted molar refractivity (Wildman–Crippen MR) is 101 cm³/mol.